The molecule has 0 radical (unpaired) electrons. The Morgan fingerprint density at radius 1 is 1.41 bits per heavy atom. The normalized spacial score (nSPS) is 20.4. The van der Waals surface area contributed by atoms with Gasteiger partial charge in [0.15, 0.2) is 0 Å². The third-order valence-corrected chi connectivity index (χ3v) is 3.97. The van der Waals surface area contributed by atoms with Gasteiger partial charge in [-0.2, -0.15) is 0 Å². The molecule has 1 saturated heterocycles. The van der Waals surface area contributed by atoms with Crippen LogP contribution in [-0.4, -0.2) is 35.6 Å². The molecule has 1 unspecified atom stereocenters. The molecule has 100 valence electrons. The predicted octanol–water partition coefficient (Wildman–Crippen LogP) is 3.00. The Morgan fingerprint density at radius 3 is 2.59 bits per heavy atom. The van der Waals surface area contributed by atoms with Crippen molar-refractivity contribution < 1.29 is 9.90 Å². The predicted molar refractivity (Wildman–Crippen MR) is 70.1 cm³/mol. The van der Waals surface area contributed by atoms with Crippen molar-refractivity contribution in [2.75, 3.05) is 19.6 Å². The summed E-state index contributed by atoms with van der Waals surface area (Å²) in [5, 5.41) is 8.83. The summed E-state index contributed by atoms with van der Waals surface area (Å²) in [6, 6.07) is 0. The van der Waals surface area contributed by atoms with E-state index in [1.54, 1.807) is 6.92 Å². The van der Waals surface area contributed by atoms with Gasteiger partial charge in [0.25, 0.3) is 0 Å². The van der Waals surface area contributed by atoms with Gasteiger partial charge in [0.2, 0.25) is 0 Å². The van der Waals surface area contributed by atoms with E-state index in [9.17, 15) is 4.79 Å². The molecule has 1 fully saturated rings. The first-order valence-electron chi connectivity index (χ1n) is 7.08. The van der Waals surface area contributed by atoms with Crippen LogP contribution in [0.2, 0.25) is 0 Å². The van der Waals surface area contributed by atoms with Crippen molar-refractivity contribution >= 4 is 5.97 Å². The number of likely N-dealkylation sites (tertiary alicyclic amines) is 1. The molecule has 0 aromatic rings. The van der Waals surface area contributed by atoms with Crippen LogP contribution in [0.25, 0.3) is 0 Å². The summed E-state index contributed by atoms with van der Waals surface area (Å²) in [6.07, 6.45) is 7.45. The van der Waals surface area contributed by atoms with Gasteiger partial charge < -0.3 is 10.0 Å². The van der Waals surface area contributed by atoms with Gasteiger partial charge in [-0.3, -0.25) is 4.79 Å². The van der Waals surface area contributed by atoms with Gasteiger partial charge in [-0.25, -0.2) is 0 Å². The van der Waals surface area contributed by atoms with Crippen LogP contribution in [0.4, 0.5) is 0 Å². The standard InChI is InChI=1S/C14H27NO2/c1-3-4-5-13-7-10-15(11-8-13)9-6-12(2)14(16)17/h12-13H,3-11H2,1-2H3,(H,16,17). The quantitative estimate of drug-likeness (QED) is 0.745. The van der Waals surface area contributed by atoms with Crippen molar-refractivity contribution in [3.63, 3.8) is 0 Å². The first-order valence-corrected chi connectivity index (χ1v) is 7.08. The number of hydrogen-bond acceptors (Lipinski definition) is 2. The molecule has 0 amide bonds. The Morgan fingerprint density at radius 2 is 2.06 bits per heavy atom. The summed E-state index contributed by atoms with van der Waals surface area (Å²) in [5.41, 5.74) is 0. The van der Waals surface area contributed by atoms with Crippen molar-refractivity contribution in [2.24, 2.45) is 11.8 Å². The lowest BCUT2D eigenvalue weighted by atomic mass is 9.91. The summed E-state index contributed by atoms with van der Waals surface area (Å²) >= 11 is 0. The van der Waals surface area contributed by atoms with Gasteiger partial charge in [-0.05, 0) is 44.8 Å². The zero-order chi connectivity index (χ0) is 12.7. The number of carbonyl (C=O) groups is 1. The summed E-state index contributed by atoms with van der Waals surface area (Å²) in [6.45, 7) is 7.34. The third-order valence-electron chi connectivity index (χ3n) is 3.97. The smallest absolute Gasteiger partial charge is 0.306 e. The minimum absolute atomic E-state index is 0.201. The van der Waals surface area contributed by atoms with Crippen molar-refractivity contribution in [1.82, 2.24) is 4.90 Å². The second-order valence-electron chi connectivity index (χ2n) is 5.46. The molecule has 17 heavy (non-hydrogen) atoms. The molecule has 1 aliphatic heterocycles. The molecule has 0 aliphatic carbocycles. The van der Waals surface area contributed by atoms with Crippen molar-refractivity contribution in [3.05, 3.63) is 0 Å². The fourth-order valence-corrected chi connectivity index (χ4v) is 2.49. The van der Waals surface area contributed by atoms with Crippen LogP contribution in [0, 0.1) is 11.8 Å². The van der Waals surface area contributed by atoms with Gasteiger partial charge >= 0.3 is 5.97 Å². The molecule has 1 rings (SSSR count). The lowest BCUT2D eigenvalue weighted by molar-refractivity contribution is -0.141. The molecule has 1 aliphatic rings. The fourth-order valence-electron chi connectivity index (χ4n) is 2.49. The molecular formula is C14H27NO2. The third kappa shape index (κ3) is 5.53. The van der Waals surface area contributed by atoms with Crippen LogP contribution in [0.15, 0.2) is 0 Å². The molecular weight excluding hydrogens is 214 g/mol. The minimum Gasteiger partial charge on any atom is -0.481 e. The van der Waals surface area contributed by atoms with Crippen molar-refractivity contribution in [1.29, 1.82) is 0 Å². The van der Waals surface area contributed by atoms with Crippen LogP contribution >= 0.6 is 0 Å². The molecule has 1 heterocycles. The van der Waals surface area contributed by atoms with Gasteiger partial charge in [0.1, 0.15) is 0 Å². The van der Waals surface area contributed by atoms with E-state index in [1.165, 1.54) is 45.2 Å². The highest BCUT2D eigenvalue weighted by Crippen LogP contribution is 2.22. The second-order valence-corrected chi connectivity index (χ2v) is 5.46. The minimum atomic E-state index is -0.664. The van der Waals surface area contributed by atoms with Crippen molar-refractivity contribution in [2.45, 2.75) is 52.4 Å². The Bertz CT molecular complexity index is 222. The van der Waals surface area contributed by atoms with E-state index in [-0.39, 0.29) is 5.92 Å². The van der Waals surface area contributed by atoms with E-state index in [0.717, 1.165) is 18.9 Å². The van der Waals surface area contributed by atoms with E-state index in [2.05, 4.69) is 11.8 Å². The molecule has 3 nitrogen and oxygen atoms in total. The zero-order valence-electron chi connectivity index (χ0n) is 11.3. The van der Waals surface area contributed by atoms with E-state index in [4.69, 9.17) is 5.11 Å². The number of aliphatic carboxylic acids is 1. The number of hydrogen-bond donors (Lipinski definition) is 1. The SMILES string of the molecule is CCCCC1CCN(CCC(C)C(=O)O)CC1. The van der Waals surface area contributed by atoms with Gasteiger partial charge in [0.05, 0.1) is 5.92 Å². The van der Waals surface area contributed by atoms with Crippen LogP contribution < -0.4 is 0 Å². The monoisotopic (exact) mass is 241 g/mol. The summed E-state index contributed by atoms with van der Waals surface area (Å²) in [7, 11) is 0. The van der Waals surface area contributed by atoms with Gasteiger partial charge in [0, 0.05) is 0 Å². The number of rotatable bonds is 7. The lowest BCUT2D eigenvalue weighted by Crippen LogP contribution is -2.35. The highest BCUT2D eigenvalue weighted by atomic mass is 16.4. The second kappa shape index (κ2) is 7.70. The maximum atomic E-state index is 10.7. The Labute approximate surface area is 105 Å². The van der Waals surface area contributed by atoms with Crippen LogP contribution in [-0.2, 0) is 4.79 Å². The van der Waals surface area contributed by atoms with Gasteiger partial charge in [-0.15, -0.1) is 0 Å². The molecule has 3 heteroatoms. The van der Waals surface area contributed by atoms with Crippen LogP contribution in [0.1, 0.15) is 52.4 Å². The Balaban J connectivity index is 2.12. The molecule has 0 spiro atoms. The number of piperidine rings is 1. The van der Waals surface area contributed by atoms with E-state index in [1.807, 2.05) is 0 Å². The highest BCUT2D eigenvalue weighted by molar-refractivity contribution is 5.69. The lowest BCUT2D eigenvalue weighted by Gasteiger charge is -2.32. The summed E-state index contributed by atoms with van der Waals surface area (Å²) in [5.74, 6) is 0.0544. The Hall–Kier alpha value is -0.570. The maximum Gasteiger partial charge on any atom is 0.306 e. The number of carboxylic acid groups (broad SMARTS) is 1. The number of unbranched alkanes of at least 4 members (excludes halogenated alkanes) is 1. The van der Waals surface area contributed by atoms with Crippen LogP contribution in [0.5, 0.6) is 0 Å². The van der Waals surface area contributed by atoms with E-state index in [0.29, 0.717) is 0 Å². The number of nitrogens with zero attached hydrogens (tertiary/aromatic N) is 1. The molecule has 0 aromatic carbocycles. The summed E-state index contributed by atoms with van der Waals surface area (Å²) < 4.78 is 0. The van der Waals surface area contributed by atoms with E-state index >= 15 is 0 Å². The first-order chi connectivity index (χ1) is 8.13. The first kappa shape index (κ1) is 14.5. The average Bonchev–Trinajstić information content (AvgIpc) is 2.34. The highest BCUT2D eigenvalue weighted by Gasteiger charge is 2.19. The average molecular weight is 241 g/mol. The largest absolute Gasteiger partial charge is 0.481 e. The zero-order valence-corrected chi connectivity index (χ0v) is 11.3. The molecule has 0 aromatic heterocycles. The molecule has 1 N–H and O–H groups in total. The Kier molecular flexibility index (Phi) is 6.56. The van der Waals surface area contributed by atoms with Crippen LogP contribution in [0.3, 0.4) is 0 Å². The molecule has 1 atom stereocenters. The van der Waals surface area contributed by atoms with Crippen molar-refractivity contribution in [3.8, 4) is 0 Å². The molecule has 0 saturated carbocycles. The topological polar surface area (TPSA) is 40.5 Å². The van der Waals surface area contributed by atoms with E-state index < -0.39 is 5.97 Å². The van der Waals surface area contributed by atoms with Gasteiger partial charge in [-0.1, -0.05) is 33.1 Å². The fraction of sp³-hybridized carbons (Fsp3) is 0.929. The summed E-state index contributed by atoms with van der Waals surface area (Å²) in [4.78, 5) is 13.2. The molecule has 0 bridgehead atoms. The maximum absolute atomic E-state index is 10.7. The number of carboxylic acids is 1.